The van der Waals surface area contributed by atoms with E-state index in [1.165, 1.54) is 25.7 Å². The number of para-hydroxylation sites is 1. The molecule has 1 saturated carbocycles. The number of benzene rings is 1. The molecular weight excluding hydrogens is 262 g/mol. The normalized spacial score (nSPS) is 22.3. The Balaban J connectivity index is 1.62. The van der Waals surface area contributed by atoms with Crippen molar-refractivity contribution in [3.8, 4) is 0 Å². The second-order valence-electron chi connectivity index (χ2n) is 6.10. The fourth-order valence-electron chi connectivity index (χ4n) is 3.39. The summed E-state index contributed by atoms with van der Waals surface area (Å²) in [5, 5.41) is 11.1. The number of hydrogen-bond donors (Lipinski definition) is 2. The van der Waals surface area contributed by atoms with Crippen molar-refractivity contribution in [1.82, 2.24) is 15.5 Å². The Morgan fingerprint density at radius 1 is 1.29 bits per heavy atom. The van der Waals surface area contributed by atoms with Crippen molar-refractivity contribution in [2.75, 3.05) is 0 Å². The van der Waals surface area contributed by atoms with Crippen LogP contribution in [0.1, 0.15) is 55.9 Å². The van der Waals surface area contributed by atoms with Gasteiger partial charge in [0.1, 0.15) is 0 Å². The van der Waals surface area contributed by atoms with E-state index in [9.17, 15) is 4.79 Å². The highest BCUT2D eigenvalue weighted by atomic mass is 16.2. The average molecular weight is 285 g/mol. The third kappa shape index (κ3) is 3.09. The first-order chi connectivity index (χ1) is 10.3. The molecule has 1 aliphatic rings. The van der Waals surface area contributed by atoms with Gasteiger partial charge < -0.3 is 5.32 Å². The zero-order valence-corrected chi connectivity index (χ0v) is 12.6. The first-order valence-electron chi connectivity index (χ1n) is 8.02. The van der Waals surface area contributed by atoms with Gasteiger partial charge in [0.25, 0.3) is 5.91 Å². The number of hydrogen-bond acceptors (Lipinski definition) is 2. The van der Waals surface area contributed by atoms with E-state index < -0.39 is 0 Å². The standard InChI is InChI=1S/C17H23N3O/c1-2-5-12-8-10-13(11-9-12)18-17(21)16-14-6-3-4-7-15(14)19-20-16/h3-4,6-7,12-13H,2,5,8-11H2,1H3,(H,18,21)(H,19,20). The van der Waals surface area contributed by atoms with Crippen molar-refractivity contribution in [2.45, 2.75) is 51.5 Å². The van der Waals surface area contributed by atoms with Crippen LogP contribution in [0.4, 0.5) is 0 Å². The molecule has 2 aromatic rings. The van der Waals surface area contributed by atoms with Crippen LogP contribution >= 0.6 is 0 Å². The van der Waals surface area contributed by atoms with Crippen LogP contribution in [0.3, 0.4) is 0 Å². The topological polar surface area (TPSA) is 57.8 Å². The molecule has 1 heterocycles. The van der Waals surface area contributed by atoms with Crippen LogP contribution in [-0.2, 0) is 0 Å². The number of carbonyl (C=O) groups excluding carboxylic acids is 1. The van der Waals surface area contributed by atoms with E-state index in [1.54, 1.807) is 0 Å². The monoisotopic (exact) mass is 285 g/mol. The van der Waals surface area contributed by atoms with Crippen molar-refractivity contribution in [3.63, 3.8) is 0 Å². The van der Waals surface area contributed by atoms with Gasteiger partial charge in [-0.1, -0.05) is 38.0 Å². The summed E-state index contributed by atoms with van der Waals surface area (Å²) in [6.07, 6.45) is 7.25. The van der Waals surface area contributed by atoms with Gasteiger partial charge in [0.15, 0.2) is 5.69 Å². The molecule has 1 amide bonds. The number of H-pyrrole nitrogens is 1. The van der Waals surface area contributed by atoms with Gasteiger partial charge in [-0.3, -0.25) is 9.89 Å². The summed E-state index contributed by atoms with van der Waals surface area (Å²) >= 11 is 0. The van der Waals surface area contributed by atoms with Crippen LogP contribution in [0.25, 0.3) is 10.9 Å². The highest BCUT2D eigenvalue weighted by molar-refractivity contribution is 6.04. The van der Waals surface area contributed by atoms with Crippen LogP contribution in [-0.4, -0.2) is 22.1 Å². The minimum Gasteiger partial charge on any atom is -0.348 e. The summed E-state index contributed by atoms with van der Waals surface area (Å²) in [5.41, 5.74) is 1.43. The molecule has 0 aliphatic heterocycles. The number of carbonyl (C=O) groups is 1. The molecule has 0 bridgehead atoms. The van der Waals surface area contributed by atoms with Crippen molar-refractivity contribution in [2.24, 2.45) is 5.92 Å². The maximum absolute atomic E-state index is 12.4. The van der Waals surface area contributed by atoms with Crippen LogP contribution in [0.2, 0.25) is 0 Å². The second kappa shape index (κ2) is 6.29. The number of amides is 1. The number of aromatic nitrogens is 2. The van der Waals surface area contributed by atoms with E-state index >= 15 is 0 Å². The van der Waals surface area contributed by atoms with Gasteiger partial charge in [-0.25, -0.2) is 0 Å². The van der Waals surface area contributed by atoms with Crippen LogP contribution in [0, 0.1) is 5.92 Å². The third-order valence-corrected chi connectivity index (χ3v) is 4.56. The first-order valence-corrected chi connectivity index (χ1v) is 8.02. The largest absolute Gasteiger partial charge is 0.348 e. The molecular formula is C17H23N3O. The SMILES string of the molecule is CCCC1CCC(NC(=O)c2n[nH]c3ccccc23)CC1. The molecule has 1 aromatic carbocycles. The lowest BCUT2D eigenvalue weighted by Gasteiger charge is -2.28. The lowest BCUT2D eigenvalue weighted by atomic mass is 9.83. The Labute approximate surface area is 125 Å². The van der Waals surface area contributed by atoms with Gasteiger partial charge in [-0.15, -0.1) is 0 Å². The van der Waals surface area contributed by atoms with Crippen molar-refractivity contribution < 1.29 is 4.79 Å². The van der Waals surface area contributed by atoms with Crippen molar-refractivity contribution in [1.29, 1.82) is 0 Å². The highest BCUT2D eigenvalue weighted by Crippen LogP contribution is 2.28. The molecule has 3 rings (SSSR count). The fraction of sp³-hybridized carbons (Fsp3) is 0.529. The zero-order valence-electron chi connectivity index (χ0n) is 12.6. The van der Waals surface area contributed by atoms with Gasteiger partial charge in [-0.2, -0.15) is 5.10 Å². The molecule has 0 atom stereocenters. The number of nitrogens with one attached hydrogen (secondary N) is 2. The summed E-state index contributed by atoms with van der Waals surface area (Å²) in [6, 6.07) is 8.06. The fourth-order valence-corrected chi connectivity index (χ4v) is 3.39. The lowest BCUT2D eigenvalue weighted by Crippen LogP contribution is -2.37. The van der Waals surface area contributed by atoms with Crippen molar-refractivity contribution in [3.05, 3.63) is 30.0 Å². The summed E-state index contributed by atoms with van der Waals surface area (Å²) in [7, 11) is 0. The van der Waals surface area contributed by atoms with E-state index in [2.05, 4.69) is 22.4 Å². The molecule has 0 unspecified atom stereocenters. The van der Waals surface area contributed by atoms with Gasteiger partial charge in [0, 0.05) is 11.4 Å². The molecule has 1 aliphatic carbocycles. The average Bonchev–Trinajstić information content (AvgIpc) is 2.93. The van der Waals surface area contributed by atoms with Crippen molar-refractivity contribution >= 4 is 16.8 Å². The van der Waals surface area contributed by atoms with Crippen LogP contribution in [0.15, 0.2) is 24.3 Å². The van der Waals surface area contributed by atoms with E-state index in [0.717, 1.165) is 29.7 Å². The number of fused-ring (bicyclic) bond motifs is 1. The molecule has 2 N–H and O–H groups in total. The predicted molar refractivity (Wildman–Crippen MR) is 84.2 cm³/mol. The first kappa shape index (κ1) is 14.1. The molecule has 112 valence electrons. The molecule has 0 spiro atoms. The molecule has 1 fully saturated rings. The quantitative estimate of drug-likeness (QED) is 0.900. The van der Waals surface area contributed by atoms with Gasteiger partial charge in [0.2, 0.25) is 0 Å². The summed E-state index contributed by atoms with van der Waals surface area (Å²) in [5.74, 6) is 0.806. The van der Waals surface area contributed by atoms with Gasteiger partial charge in [0.05, 0.1) is 5.52 Å². The summed E-state index contributed by atoms with van der Waals surface area (Å²) < 4.78 is 0. The van der Waals surface area contributed by atoms with Gasteiger partial charge >= 0.3 is 0 Å². The molecule has 4 heteroatoms. The number of rotatable bonds is 4. The third-order valence-electron chi connectivity index (χ3n) is 4.56. The molecule has 1 aromatic heterocycles. The maximum Gasteiger partial charge on any atom is 0.272 e. The van der Waals surface area contributed by atoms with Crippen LogP contribution in [0.5, 0.6) is 0 Å². The molecule has 0 saturated heterocycles. The zero-order chi connectivity index (χ0) is 14.7. The second-order valence-corrected chi connectivity index (χ2v) is 6.10. The molecule has 21 heavy (non-hydrogen) atoms. The summed E-state index contributed by atoms with van der Waals surface area (Å²) in [6.45, 7) is 2.25. The Hall–Kier alpha value is -1.84. The molecule has 4 nitrogen and oxygen atoms in total. The Bertz CT molecular complexity index is 611. The minimum absolute atomic E-state index is 0.0496. The number of nitrogens with zero attached hydrogens (tertiary/aromatic N) is 1. The van der Waals surface area contributed by atoms with E-state index in [-0.39, 0.29) is 5.91 Å². The maximum atomic E-state index is 12.4. The van der Waals surface area contributed by atoms with E-state index in [0.29, 0.717) is 11.7 Å². The smallest absolute Gasteiger partial charge is 0.272 e. The van der Waals surface area contributed by atoms with Crippen LogP contribution < -0.4 is 5.32 Å². The Morgan fingerprint density at radius 3 is 2.81 bits per heavy atom. The highest BCUT2D eigenvalue weighted by Gasteiger charge is 2.23. The Morgan fingerprint density at radius 2 is 2.05 bits per heavy atom. The molecule has 0 radical (unpaired) electrons. The van der Waals surface area contributed by atoms with E-state index in [1.807, 2.05) is 24.3 Å². The van der Waals surface area contributed by atoms with E-state index in [4.69, 9.17) is 0 Å². The predicted octanol–water partition coefficient (Wildman–Crippen LogP) is 3.65. The lowest BCUT2D eigenvalue weighted by molar-refractivity contribution is 0.0917. The number of aromatic amines is 1. The minimum atomic E-state index is -0.0496. The summed E-state index contributed by atoms with van der Waals surface area (Å²) in [4.78, 5) is 12.4. The van der Waals surface area contributed by atoms with Gasteiger partial charge in [-0.05, 0) is 37.7 Å². The Kier molecular flexibility index (Phi) is 4.23.